The molecule has 0 saturated heterocycles. The van der Waals surface area contributed by atoms with Gasteiger partial charge < -0.3 is 5.32 Å². The summed E-state index contributed by atoms with van der Waals surface area (Å²) in [6, 6.07) is 16.8. The lowest BCUT2D eigenvalue weighted by Crippen LogP contribution is -2.11. The number of nitrogens with one attached hydrogen (secondary N) is 1. The van der Waals surface area contributed by atoms with Gasteiger partial charge in [-0.15, -0.1) is 0 Å². The van der Waals surface area contributed by atoms with Crippen LogP contribution < -0.4 is 5.32 Å². The molecule has 2 rings (SSSR count). The summed E-state index contributed by atoms with van der Waals surface area (Å²) >= 11 is 0. The van der Waals surface area contributed by atoms with Crippen molar-refractivity contribution in [3.05, 3.63) is 65.5 Å². The van der Waals surface area contributed by atoms with Crippen LogP contribution in [0.5, 0.6) is 0 Å². The number of rotatable bonds is 4. The summed E-state index contributed by atoms with van der Waals surface area (Å²) in [7, 11) is 0. The monoisotopic (exact) mass is 254 g/mol. The average molecular weight is 254 g/mol. The molecule has 0 radical (unpaired) electrons. The molecular weight excluding hydrogens is 239 g/mol. The minimum Gasteiger partial charge on any atom is -0.383 e. The van der Waals surface area contributed by atoms with Gasteiger partial charge in [-0.1, -0.05) is 30.3 Å². The smallest absolute Gasteiger partial charge is 0.126 e. The van der Waals surface area contributed by atoms with Gasteiger partial charge in [0.1, 0.15) is 5.82 Å². The van der Waals surface area contributed by atoms with Crippen LogP contribution in [-0.2, 0) is 0 Å². The fourth-order valence-electron chi connectivity index (χ4n) is 1.90. The molecule has 0 aliphatic carbocycles. The number of benzene rings is 2. The molecule has 2 aromatic carbocycles. The van der Waals surface area contributed by atoms with Crippen LogP contribution in [0.2, 0.25) is 0 Å². The molecule has 19 heavy (non-hydrogen) atoms. The zero-order chi connectivity index (χ0) is 13.7. The Balaban J connectivity index is 2.05. The van der Waals surface area contributed by atoms with Gasteiger partial charge in [0.05, 0.1) is 12.0 Å². The van der Waals surface area contributed by atoms with Gasteiger partial charge in [0, 0.05) is 12.2 Å². The van der Waals surface area contributed by atoms with Crippen molar-refractivity contribution >= 4 is 5.69 Å². The highest BCUT2D eigenvalue weighted by molar-refractivity contribution is 5.46. The van der Waals surface area contributed by atoms with E-state index in [4.69, 9.17) is 0 Å². The van der Waals surface area contributed by atoms with E-state index in [9.17, 15) is 9.65 Å². The number of hydrogen-bond acceptors (Lipinski definition) is 2. The first kappa shape index (κ1) is 13.1. The molecule has 2 aromatic rings. The Morgan fingerprint density at radius 2 is 1.95 bits per heavy atom. The molecule has 0 heterocycles. The maximum Gasteiger partial charge on any atom is 0.126 e. The second-order valence-corrected chi connectivity index (χ2v) is 4.44. The van der Waals surface area contributed by atoms with Gasteiger partial charge in [-0.3, -0.25) is 0 Å². The van der Waals surface area contributed by atoms with Crippen molar-refractivity contribution in [2.75, 3.05) is 11.9 Å². The molecule has 0 bridgehead atoms. The minimum atomic E-state index is -0.217. The summed E-state index contributed by atoms with van der Waals surface area (Å²) in [5, 5.41) is 12.4. The van der Waals surface area contributed by atoms with Crippen LogP contribution in [0, 0.1) is 24.1 Å². The van der Waals surface area contributed by atoms with Crippen LogP contribution in [0.4, 0.5) is 10.1 Å². The van der Waals surface area contributed by atoms with E-state index < -0.39 is 0 Å². The van der Waals surface area contributed by atoms with Crippen molar-refractivity contribution in [3.8, 4) is 6.07 Å². The summed E-state index contributed by atoms with van der Waals surface area (Å²) in [6.07, 6.45) is 0. The first-order valence-electron chi connectivity index (χ1n) is 6.15. The topological polar surface area (TPSA) is 35.8 Å². The first-order chi connectivity index (χ1) is 9.20. The lowest BCUT2D eigenvalue weighted by molar-refractivity contribution is 0.618. The normalized spacial score (nSPS) is 11.6. The van der Waals surface area contributed by atoms with Crippen LogP contribution in [0.15, 0.2) is 48.5 Å². The van der Waals surface area contributed by atoms with Crippen LogP contribution in [0.25, 0.3) is 0 Å². The summed E-state index contributed by atoms with van der Waals surface area (Å²) in [4.78, 5) is 0. The zero-order valence-corrected chi connectivity index (χ0v) is 10.7. The van der Waals surface area contributed by atoms with Gasteiger partial charge in [0.2, 0.25) is 0 Å². The number of hydrogen-bond donors (Lipinski definition) is 1. The minimum absolute atomic E-state index is 0.216. The van der Waals surface area contributed by atoms with Crippen molar-refractivity contribution in [2.45, 2.75) is 12.8 Å². The average Bonchev–Trinajstić information content (AvgIpc) is 2.44. The number of aryl methyl sites for hydroxylation is 1. The molecule has 96 valence electrons. The number of halogens is 1. The molecule has 0 amide bonds. The van der Waals surface area contributed by atoms with E-state index in [2.05, 4.69) is 11.4 Å². The maximum absolute atomic E-state index is 13.1. The Bertz CT molecular complexity index is 587. The van der Waals surface area contributed by atoms with E-state index in [1.165, 1.54) is 6.07 Å². The van der Waals surface area contributed by atoms with Crippen LogP contribution in [0.1, 0.15) is 17.0 Å². The van der Waals surface area contributed by atoms with Gasteiger partial charge in [-0.2, -0.15) is 5.26 Å². The van der Waals surface area contributed by atoms with E-state index in [1.807, 2.05) is 30.3 Å². The molecule has 2 nitrogen and oxygen atoms in total. The Morgan fingerprint density at radius 1 is 1.21 bits per heavy atom. The fourth-order valence-corrected chi connectivity index (χ4v) is 1.90. The highest BCUT2D eigenvalue weighted by Gasteiger charge is 2.09. The molecule has 0 aromatic heterocycles. The molecular formula is C16H15FN2. The highest BCUT2D eigenvalue weighted by atomic mass is 19.1. The quantitative estimate of drug-likeness (QED) is 0.899. The highest BCUT2D eigenvalue weighted by Crippen LogP contribution is 2.18. The van der Waals surface area contributed by atoms with Gasteiger partial charge in [0.15, 0.2) is 0 Å². The van der Waals surface area contributed by atoms with E-state index in [1.54, 1.807) is 19.1 Å². The second-order valence-electron chi connectivity index (χ2n) is 4.44. The number of nitrogens with zero attached hydrogens (tertiary/aromatic N) is 1. The van der Waals surface area contributed by atoms with Crippen molar-refractivity contribution in [3.63, 3.8) is 0 Å². The molecule has 1 unspecified atom stereocenters. The molecule has 0 fully saturated rings. The molecule has 0 aliphatic rings. The van der Waals surface area contributed by atoms with E-state index in [0.29, 0.717) is 12.1 Å². The summed E-state index contributed by atoms with van der Waals surface area (Å²) in [6.45, 7) is 2.23. The molecule has 0 aliphatic heterocycles. The third-order valence-corrected chi connectivity index (χ3v) is 3.03. The standard InChI is InChI=1S/C16H15FN2/c1-12-9-15(7-8-16(12)17)19-11-14(10-18)13-5-3-2-4-6-13/h2-9,14,19H,11H2,1H3. The van der Waals surface area contributed by atoms with E-state index >= 15 is 0 Å². The Labute approximate surface area is 112 Å². The van der Waals surface area contributed by atoms with Crippen LogP contribution in [0.3, 0.4) is 0 Å². The van der Waals surface area contributed by atoms with Crippen molar-refractivity contribution in [2.24, 2.45) is 0 Å². The molecule has 0 spiro atoms. The van der Waals surface area contributed by atoms with Crippen LogP contribution >= 0.6 is 0 Å². The lowest BCUT2D eigenvalue weighted by Gasteiger charge is -2.12. The Hall–Kier alpha value is -2.34. The van der Waals surface area contributed by atoms with Gasteiger partial charge in [-0.25, -0.2) is 4.39 Å². The van der Waals surface area contributed by atoms with Crippen molar-refractivity contribution < 1.29 is 4.39 Å². The number of nitriles is 1. The molecule has 0 saturated carbocycles. The van der Waals surface area contributed by atoms with Gasteiger partial charge >= 0.3 is 0 Å². The van der Waals surface area contributed by atoms with Crippen molar-refractivity contribution in [1.29, 1.82) is 5.26 Å². The Morgan fingerprint density at radius 3 is 2.58 bits per heavy atom. The van der Waals surface area contributed by atoms with E-state index in [0.717, 1.165) is 11.3 Å². The lowest BCUT2D eigenvalue weighted by atomic mass is 10.0. The molecule has 3 heteroatoms. The zero-order valence-electron chi connectivity index (χ0n) is 10.7. The van der Waals surface area contributed by atoms with Gasteiger partial charge in [-0.05, 0) is 36.2 Å². The SMILES string of the molecule is Cc1cc(NCC(C#N)c2ccccc2)ccc1F. The predicted molar refractivity (Wildman–Crippen MR) is 74.4 cm³/mol. The molecule has 1 atom stereocenters. The van der Waals surface area contributed by atoms with Crippen LogP contribution in [-0.4, -0.2) is 6.54 Å². The third kappa shape index (κ3) is 3.32. The Kier molecular flexibility index (Phi) is 4.15. The summed E-state index contributed by atoms with van der Waals surface area (Å²) in [5.74, 6) is -0.433. The van der Waals surface area contributed by atoms with Gasteiger partial charge in [0.25, 0.3) is 0 Å². The summed E-state index contributed by atoms with van der Waals surface area (Å²) < 4.78 is 13.1. The fraction of sp³-hybridized carbons (Fsp3) is 0.188. The maximum atomic E-state index is 13.1. The second kappa shape index (κ2) is 6.01. The summed E-state index contributed by atoms with van der Waals surface area (Å²) in [5.41, 5.74) is 2.41. The largest absolute Gasteiger partial charge is 0.383 e. The molecule has 1 N–H and O–H groups in total. The first-order valence-corrected chi connectivity index (χ1v) is 6.15. The van der Waals surface area contributed by atoms with E-state index in [-0.39, 0.29) is 11.7 Å². The third-order valence-electron chi connectivity index (χ3n) is 3.03. The van der Waals surface area contributed by atoms with Crippen molar-refractivity contribution in [1.82, 2.24) is 0 Å². The number of anilines is 1. The predicted octanol–water partition coefficient (Wildman–Crippen LogP) is 3.85.